The van der Waals surface area contributed by atoms with Gasteiger partial charge in [0.25, 0.3) is 0 Å². The Labute approximate surface area is 156 Å². The Morgan fingerprint density at radius 3 is 1.74 bits per heavy atom. The highest BCUT2D eigenvalue weighted by Gasteiger charge is 2.06. The van der Waals surface area contributed by atoms with Gasteiger partial charge in [-0.05, 0) is 59.4 Å². The van der Waals surface area contributed by atoms with Crippen molar-refractivity contribution in [3.63, 3.8) is 0 Å². The zero-order valence-corrected chi connectivity index (χ0v) is 17.4. The van der Waals surface area contributed by atoms with E-state index in [0.29, 0.717) is 17.6 Å². The first-order valence-corrected chi connectivity index (χ1v) is 9.16. The molecule has 0 aliphatic heterocycles. The normalized spacial score (nSPS) is 10.5. The number of hydrogen-bond acceptors (Lipinski definition) is 2. The lowest BCUT2D eigenvalue weighted by Crippen LogP contribution is -1.93. The number of hydrogen-bond donors (Lipinski definition) is 1. The molecule has 0 unspecified atom stereocenters. The largest absolute Gasteiger partial charge is 0.508 e. The van der Waals surface area contributed by atoms with Gasteiger partial charge in [-0.3, -0.25) is 0 Å². The smallest absolute Gasteiger partial charge is 0.122 e. The first kappa shape index (κ1) is 20.0. The lowest BCUT2D eigenvalue weighted by molar-refractivity contribution is 0.407. The second-order valence-corrected chi connectivity index (χ2v) is 7.73. The third kappa shape index (κ3) is 6.19. The quantitative estimate of drug-likeness (QED) is 0.561. The molecule has 1 N–H and O–H groups in total. The Morgan fingerprint density at radius 2 is 1.30 bits per heavy atom. The van der Waals surface area contributed by atoms with E-state index in [1.54, 1.807) is 13.2 Å². The van der Waals surface area contributed by atoms with Crippen LogP contribution in [-0.4, -0.2) is 12.2 Å². The molecule has 0 atom stereocenters. The maximum Gasteiger partial charge on any atom is 0.122 e. The summed E-state index contributed by atoms with van der Waals surface area (Å²) in [6, 6.07) is 11.6. The van der Waals surface area contributed by atoms with Gasteiger partial charge in [0.2, 0.25) is 0 Å². The number of rotatable bonds is 3. The summed E-state index contributed by atoms with van der Waals surface area (Å²) in [5, 5.41) is 9.38. The van der Waals surface area contributed by atoms with Crippen molar-refractivity contribution in [2.24, 2.45) is 0 Å². The number of phenols is 1. The summed E-state index contributed by atoms with van der Waals surface area (Å²) in [6.45, 7) is 8.43. The van der Waals surface area contributed by atoms with Crippen molar-refractivity contribution in [3.05, 3.63) is 56.5 Å². The molecule has 4 heteroatoms. The van der Waals surface area contributed by atoms with Gasteiger partial charge < -0.3 is 9.84 Å². The molecule has 0 radical (unpaired) electrons. The first-order chi connectivity index (χ1) is 10.8. The molecule has 23 heavy (non-hydrogen) atoms. The minimum absolute atomic E-state index is 0.368. The van der Waals surface area contributed by atoms with Gasteiger partial charge in [0.05, 0.1) is 7.11 Å². The fraction of sp³-hybridized carbons (Fsp3) is 0.368. The van der Waals surface area contributed by atoms with Crippen molar-refractivity contribution in [2.75, 3.05) is 7.11 Å². The molecule has 126 valence electrons. The number of halogens is 2. The van der Waals surface area contributed by atoms with Gasteiger partial charge in [-0.15, -0.1) is 0 Å². The molecule has 0 saturated carbocycles. The standard InChI is InChI=1S/C10H13BrO.C9H11BrO/c1-7(2)9-6-8(11)4-5-10(9)12-3;1-6(2)8-5-7(10)3-4-9(8)11/h4-7H,1-3H3;3-6,11H,1-2H3. The van der Waals surface area contributed by atoms with Crippen LogP contribution >= 0.6 is 31.9 Å². The number of aromatic hydroxyl groups is 1. The van der Waals surface area contributed by atoms with Crippen molar-refractivity contribution in [1.29, 1.82) is 0 Å². The fourth-order valence-electron chi connectivity index (χ4n) is 2.14. The Balaban J connectivity index is 0.000000231. The summed E-state index contributed by atoms with van der Waals surface area (Å²) < 4.78 is 7.36. The third-order valence-corrected chi connectivity index (χ3v) is 4.41. The molecule has 2 aromatic rings. The molecule has 0 heterocycles. The molecular formula is C19H24Br2O2. The minimum Gasteiger partial charge on any atom is -0.508 e. The predicted molar refractivity (Wildman–Crippen MR) is 105 cm³/mol. The summed E-state index contributed by atoms with van der Waals surface area (Å²) in [7, 11) is 1.70. The molecule has 0 bridgehead atoms. The number of ether oxygens (including phenoxy) is 1. The SMILES string of the molecule is CC(C)c1cc(Br)ccc1O.COc1ccc(Br)cc1C(C)C. The van der Waals surface area contributed by atoms with E-state index in [1.807, 2.05) is 24.3 Å². The maximum atomic E-state index is 9.38. The summed E-state index contributed by atoms with van der Waals surface area (Å²) in [6.07, 6.45) is 0. The highest BCUT2D eigenvalue weighted by molar-refractivity contribution is 9.10. The lowest BCUT2D eigenvalue weighted by atomic mass is 10.0. The van der Waals surface area contributed by atoms with Crippen LogP contribution in [0.2, 0.25) is 0 Å². The zero-order chi connectivity index (χ0) is 17.6. The van der Waals surface area contributed by atoms with E-state index >= 15 is 0 Å². The van der Waals surface area contributed by atoms with E-state index < -0.39 is 0 Å². The summed E-state index contributed by atoms with van der Waals surface area (Å²) in [5.74, 6) is 2.21. The summed E-state index contributed by atoms with van der Waals surface area (Å²) in [4.78, 5) is 0. The number of benzene rings is 2. The van der Waals surface area contributed by atoms with E-state index in [0.717, 1.165) is 20.3 Å². The number of phenolic OH excluding ortho intramolecular Hbond substituents is 1. The van der Waals surface area contributed by atoms with E-state index in [1.165, 1.54) is 5.56 Å². The maximum absolute atomic E-state index is 9.38. The Kier molecular flexibility index (Phi) is 8.13. The van der Waals surface area contributed by atoms with Crippen molar-refractivity contribution >= 4 is 31.9 Å². The van der Waals surface area contributed by atoms with Crippen LogP contribution in [-0.2, 0) is 0 Å². The van der Waals surface area contributed by atoms with E-state index in [-0.39, 0.29) is 0 Å². The van der Waals surface area contributed by atoms with Gasteiger partial charge in [0.1, 0.15) is 11.5 Å². The van der Waals surface area contributed by atoms with Crippen LogP contribution in [0.5, 0.6) is 11.5 Å². The van der Waals surface area contributed by atoms with Gasteiger partial charge in [0, 0.05) is 8.95 Å². The Morgan fingerprint density at radius 1 is 0.826 bits per heavy atom. The third-order valence-electron chi connectivity index (χ3n) is 3.43. The van der Waals surface area contributed by atoms with Crippen molar-refractivity contribution in [3.8, 4) is 11.5 Å². The van der Waals surface area contributed by atoms with E-state index in [4.69, 9.17) is 4.74 Å². The lowest BCUT2D eigenvalue weighted by Gasteiger charge is -2.11. The molecule has 0 aromatic heterocycles. The molecular weight excluding hydrogens is 420 g/mol. The predicted octanol–water partition coefficient (Wildman–Crippen LogP) is 6.86. The van der Waals surface area contributed by atoms with Gasteiger partial charge >= 0.3 is 0 Å². The Bertz CT molecular complexity index is 637. The second-order valence-electron chi connectivity index (χ2n) is 5.90. The van der Waals surface area contributed by atoms with Crippen LogP contribution < -0.4 is 4.74 Å². The molecule has 0 amide bonds. The average molecular weight is 444 g/mol. The van der Waals surface area contributed by atoms with Crippen LogP contribution in [0.3, 0.4) is 0 Å². The van der Waals surface area contributed by atoms with Gasteiger partial charge in [-0.25, -0.2) is 0 Å². The van der Waals surface area contributed by atoms with Crippen LogP contribution in [0, 0.1) is 0 Å². The van der Waals surface area contributed by atoms with Crippen LogP contribution in [0.1, 0.15) is 50.7 Å². The van der Waals surface area contributed by atoms with E-state index in [2.05, 4.69) is 65.6 Å². The topological polar surface area (TPSA) is 29.5 Å². The highest BCUT2D eigenvalue weighted by atomic mass is 79.9. The zero-order valence-electron chi connectivity index (χ0n) is 14.2. The molecule has 2 nitrogen and oxygen atoms in total. The highest BCUT2D eigenvalue weighted by Crippen LogP contribution is 2.29. The molecule has 2 rings (SSSR count). The summed E-state index contributed by atoms with van der Waals surface area (Å²) in [5.41, 5.74) is 2.23. The van der Waals surface area contributed by atoms with Gasteiger partial charge in [0.15, 0.2) is 0 Å². The van der Waals surface area contributed by atoms with Crippen molar-refractivity contribution in [1.82, 2.24) is 0 Å². The Hall–Kier alpha value is -1.000. The number of methoxy groups -OCH3 is 1. The van der Waals surface area contributed by atoms with Gasteiger partial charge in [-0.2, -0.15) is 0 Å². The molecule has 0 saturated heterocycles. The average Bonchev–Trinajstić information content (AvgIpc) is 2.50. The molecule has 2 aromatic carbocycles. The molecule has 0 aliphatic carbocycles. The van der Waals surface area contributed by atoms with Gasteiger partial charge in [-0.1, -0.05) is 59.6 Å². The van der Waals surface area contributed by atoms with Crippen molar-refractivity contribution < 1.29 is 9.84 Å². The second kappa shape index (κ2) is 9.33. The molecule has 0 fully saturated rings. The fourth-order valence-corrected chi connectivity index (χ4v) is 2.90. The van der Waals surface area contributed by atoms with Crippen LogP contribution in [0.15, 0.2) is 45.3 Å². The van der Waals surface area contributed by atoms with Crippen molar-refractivity contribution in [2.45, 2.75) is 39.5 Å². The molecule has 0 aliphatic rings. The minimum atomic E-state index is 0.368. The monoisotopic (exact) mass is 442 g/mol. The van der Waals surface area contributed by atoms with Crippen LogP contribution in [0.25, 0.3) is 0 Å². The summed E-state index contributed by atoms with van der Waals surface area (Å²) >= 11 is 6.79. The van der Waals surface area contributed by atoms with E-state index in [9.17, 15) is 5.11 Å². The van der Waals surface area contributed by atoms with Crippen LogP contribution in [0.4, 0.5) is 0 Å². The molecule has 0 spiro atoms. The first-order valence-electron chi connectivity index (χ1n) is 7.58.